The lowest BCUT2D eigenvalue weighted by atomic mass is 9.91. The number of hydrogen-bond donors (Lipinski definition) is 2. The number of thiophene rings is 1. The third-order valence-corrected chi connectivity index (χ3v) is 3.84. The fourth-order valence-electron chi connectivity index (χ4n) is 2.18. The topological polar surface area (TPSA) is 55.1 Å². The maximum atomic E-state index is 11.8. The van der Waals surface area contributed by atoms with Crippen molar-refractivity contribution in [2.24, 2.45) is 5.73 Å². The number of rotatable bonds is 3. The van der Waals surface area contributed by atoms with Gasteiger partial charge < -0.3 is 11.1 Å². The molecule has 1 aromatic rings. The van der Waals surface area contributed by atoms with E-state index in [2.05, 4.69) is 5.32 Å². The Bertz CT molecular complexity index is 337. The summed E-state index contributed by atoms with van der Waals surface area (Å²) in [7, 11) is 0. The van der Waals surface area contributed by atoms with Gasteiger partial charge in [-0.3, -0.25) is 4.79 Å². The molecular formula is C12H18N2OS. The quantitative estimate of drug-likeness (QED) is 0.841. The molecule has 2 unspecified atom stereocenters. The number of nitrogens with two attached hydrogens (primary N) is 1. The first-order chi connectivity index (χ1) is 7.75. The molecule has 0 aromatic carbocycles. The highest BCUT2D eigenvalue weighted by atomic mass is 32.1. The molecule has 3 nitrogen and oxygen atoms in total. The molecule has 1 heterocycles. The lowest BCUT2D eigenvalue weighted by molar-refractivity contribution is -0.121. The first kappa shape index (κ1) is 11.6. The van der Waals surface area contributed by atoms with Crippen LogP contribution in [0.25, 0.3) is 0 Å². The molecule has 0 saturated heterocycles. The number of nitrogens with one attached hydrogen (secondary N) is 1. The van der Waals surface area contributed by atoms with Crippen LogP contribution in [-0.4, -0.2) is 18.0 Å². The predicted molar refractivity (Wildman–Crippen MR) is 66.4 cm³/mol. The second-order valence-electron chi connectivity index (χ2n) is 4.43. The standard InChI is InChI=1S/C12H18N2OS/c13-10-3-1-2-4-11(10)14-12(15)7-9-5-6-16-8-9/h5-6,8,10-11H,1-4,7,13H2,(H,14,15). The molecule has 1 amide bonds. The van der Waals surface area contributed by atoms with E-state index in [1.807, 2.05) is 16.8 Å². The minimum Gasteiger partial charge on any atom is -0.352 e. The Hall–Kier alpha value is -0.870. The van der Waals surface area contributed by atoms with E-state index in [4.69, 9.17) is 5.73 Å². The van der Waals surface area contributed by atoms with E-state index in [0.717, 1.165) is 18.4 Å². The van der Waals surface area contributed by atoms with E-state index < -0.39 is 0 Å². The summed E-state index contributed by atoms with van der Waals surface area (Å²) in [5.74, 6) is 0.0979. The van der Waals surface area contributed by atoms with Crippen molar-refractivity contribution in [1.29, 1.82) is 0 Å². The van der Waals surface area contributed by atoms with Gasteiger partial charge in [0.25, 0.3) is 0 Å². The molecule has 0 spiro atoms. The van der Waals surface area contributed by atoms with Crippen LogP contribution in [0.3, 0.4) is 0 Å². The van der Waals surface area contributed by atoms with Crippen molar-refractivity contribution in [3.05, 3.63) is 22.4 Å². The van der Waals surface area contributed by atoms with Crippen LogP contribution in [0, 0.1) is 0 Å². The second kappa shape index (κ2) is 5.46. The Morgan fingerprint density at radius 1 is 1.50 bits per heavy atom. The highest BCUT2D eigenvalue weighted by Crippen LogP contribution is 2.17. The fraction of sp³-hybridized carbons (Fsp3) is 0.583. The van der Waals surface area contributed by atoms with E-state index >= 15 is 0 Å². The fourth-order valence-corrected chi connectivity index (χ4v) is 2.84. The lowest BCUT2D eigenvalue weighted by Crippen LogP contribution is -2.49. The first-order valence-electron chi connectivity index (χ1n) is 5.82. The molecular weight excluding hydrogens is 220 g/mol. The third kappa shape index (κ3) is 3.06. The molecule has 1 aliphatic rings. The zero-order valence-corrected chi connectivity index (χ0v) is 10.1. The largest absolute Gasteiger partial charge is 0.352 e. The molecule has 0 bridgehead atoms. The summed E-state index contributed by atoms with van der Waals surface area (Å²) in [6.45, 7) is 0. The smallest absolute Gasteiger partial charge is 0.224 e. The summed E-state index contributed by atoms with van der Waals surface area (Å²) >= 11 is 1.62. The van der Waals surface area contributed by atoms with Gasteiger partial charge in [-0.25, -0.2) is 0 Å². The predicted octanol–water partition coefficient (Wildman–Crippen LogP) is 1.68. The van der Waals surface area contributed by atoms with E-state index in [-0.39, 0.29) is 18.0 Å². The molecule has 1 fully saturated rings. The van der Waals surface area contributed by atoms with Crippen molar-refractivity contribution in [3.8, 4) is 0 Å². The number of carbonyl (C=O) groups is 1. The Labute approximate surface area is 100 Å². The van der Waals surface area contributed by atoms with Crippen molar-refractivity contribution in [2.45, 2.75) is 44.2 Å². The van der Waals surface area contributed by atoms with E-state index in [9.17, 15) is 4.79 Å². The maximum absolute atomic E-state index is 11.8. The molecule has 1 aliphatic carbocycles. The van der Waals surface area contributed by atoms with Gasteiger partial charge in [0.05, 0.1) is 6.42 Å². The van der Waals surface area contributed by atoms with Gasteiger partial charge in [-0.2, -0.15) is 11.3 Å². The summed E-state index contributed by atoms with van der Waals surface area (Å²) in [6.07, 6.45) is 4.90. The highest BCUT2D eigenvalue weighted by molar-refractivity contribution is 7.07. The van der Waals surface area contributed by atoms with Crippen molar-refractivity contribution < 1.29 is 4.79 Å². The molecule has 4 heteroatoms. The monoisotopic (exact) mass is 238 g/mol. The van der Waals surface area contributed by atoms with Crippen molar-refractivity contribution >= 4 is 17.2 Å². The van der Waals surface area contributed by atoms with E-state index in [1.165, 1.54) is 12.8 Å². The minimum atomic E-state index is 0.0979. The molecule has 0 aliphatic heterocycles. The van der Waals surface area contributed by atoms with Gasteiger partial charge in [-0.05, 0) is 35.2 Å². The van der Waals surface area contributed by atoms with E-state index in [0.29, 0.717) is 6.42 Å². The van der Waals surface area contributed by atoms with Crippen LogP contribution in [0.1, 0.15) is 31.2 Å². The highest BCUT2D eigenvalue weighted by Gasteiger charge is 2.23. The average molecular weight is 238 g/mol. The van der Waals surface area contributed by atoms with Crippen LogP contribution in [0.2, 0.25) is 0 Å². The molecule has 88 valence electrons. The van der Waals surface area contributed by atoms with Gasteiger partial charge in [0, 0.05) is 12.1 Å². The van der Waals surface area contributed by atoms with Crippen molar-refractivity contribution in [2.75, 3.05) is 0 Å². The number of hydrogen-bond acceptors (Lipinski definition) is 3. The molecule has 2 atom stereocenters. The van der Waals surface area contributed by atoms with Crippen LogP contribution >= 0.6 is 11.3 Å². The SMILES string of the molecule is NC1CCCCC1NC(=O)Cc1ccsc1. The molecule has 2 rings (SSSR count). The average Bonchev–Trinajstić information content (AvgIpc) is 2.74. The van der Waals surface area contributed by atoms with Crippen LogP contribution in [0.4, 0.5) is 0 Å². The van der Waals surface area contributed by atoms with Crippen LogP contribution < -0.4 is 11.1 Å². The molecule has 1 saturated carbocycles. The van der Waals surface area contributed by atoms with Gasteiger partial charge in [-0.1, -0.05) is 12.8 Å². The van der Waals surface area contributed by atoms with Crippen LogP contribution in [0.5, 0.6) is 0 Å². The zero-order valence-electron chi connectivity index (χ0n) is 9.32. The van der Waals surface area contributed by atoms with Crippen molar-refractivity contribution in [3.63, 3.8) is 0 Å². The summed E-state index contributed by atoms with van der Waals surface area (Å²) in [5, 5.41) is 7.06. The molecule has 0 radical (unpaired) electrons. The summed E-state index contributed by atoms with van der Waals surface area (Å²) in [5.41, 5.74) is 7.08. The molecule has 1 aromatic heterocycles. The number of carbonyl (C=O) groups excluding carboxylic acids is 1. The van der Waals surface area contributed by atoms with E-state index in [1.54, 1.807) is 11.3 Å². The van der Waals surface area contributed by atoms with Crippen molar-refractivity contribution in [1.82, 2.24) is 5.32 Å². The molecule has 3 N–H and O–H groups in total. The Kier molecular flexibility index (Phi) is 3.96. The Morgan fingerprint density at radius 3 is 3.00 bits per heavy atom. The third-order valence-electron chi connectivity index (χ3n) is 3.11. The summed E-state index contributed by atoms with van der Waals surface area (Å²) in [6, 6.07) is 2.31. The minimum absolute atomic E-state index is 0.0979. The molecule has 16 heavy (non-hydrogen) atoms. The van der Waals surface area contributed by atoms with Gasteiger partial charge >= 0.3 is 0 Å². The van der Waals surface area contributed by atoms with Gasteiger partial charge in [0.2, 0.25) is 5.91 Å². The Morgan fingerprint density at radius 2 is 2.31 bits per heavy atom. The normalized spacial score (nSPS) is 25.3. The summed E-state index contributed by atoms with van der Waals surface area (Å²) < 4.78 is 0. The van der Waals surface area contributed by atoms with Gasteiger partial charge in [-0.15, -0.1) is 0 Å². The van der Waals surface area contributed by atoms with Gasteiger partial charge in [0.1, 0.15) is 0 Å². The maximum Gasteiger partial charge on any atom is 0.224 e. The van der Waals surface area contributed by atoms with Crippen LogP contribution in [-0.2, 0) is 11.2 Å². The lowest BCUT2D eigenvalue weighted by Gasteiger charge is -2.29. The van der Waals surface area contributed by atoms with Crippen LogP contribution in [0.15, 0.2) is 16.8 Å². The zero-order chi connectivity index (χ0) is 11.4. The van der Waals surface area contributed by atoms with Gasteiger partial charge in [0.15, 0.2) is 0 Å². The second-order valence-corrected chi connectivity index (χ2v) is 5.21. The number of amides is 1. The first-order valence-corrected chi connectivity index (χ1v) is 6.76. The Balaban J connectivity index is 1.82. The summed E-state index contributed by atoms with van der Waals surface area (Å²) in [4.78, 5) is 11.8.